The third-order valence-electron chi connectivity index (χ3n) is 2.17. The van der Waals surface area contributed by atoms with E-state index in [-0.39, 0.29) is 18.5 Å². The summed E-state index contributed by atoms with van der Waals surface area (Å²) in [6, 6.07) is -0.206. The number of carboxylic acids is 1. The largest absolute Gasteiger partial charge is 0.481 e. The van der Waals surface area contributed by atoms with E-state index in [1.807, 2.05) is 13.0 Å². The molecule has 0 saturated heterocycles. The molecule has 0 aromatic heterocycles. The molecule has 5 nitrogen and oxygen atoms in total. The standard InChI is InChI=1S/C12H22N2O3S/c1-3-8-18-9-7-13-12(17)14-10(2)5-4-6-11(15)16/h3,10H,1,4-9H2,2H3,(H,15,16)(H2,13,14,17). The second-order valence-electron chi connectivity index (χ2n) is 3.95. The van der Waals surface area contributed by atoms with Gasteiger partial charge in [0, 0.05) is 30.5 Å². The van der Waals surface area contributed by atoms with Crippen molar-refractivity contribution in [2.45, 2.75) is 32.2 Å². The van der Waals surface area contributed by atoms with Crippen LogP contribution in [0.5, 0.6) is 0 Å². The molecule has 0 aliphatic carbocycles. The van der Waals surface area contributed by atoms with Gasteiger partial charge < -0.3 is 15.7 Å². The van der Waals surface area contributed by atoms with Crippen LogP contribution in [0.2, 0.25) is 0 Å². The molecule has 0 saturated carbocycles. The molecule has 0 heterocycles. The van der Waals surface area contributed by atoms with Crippen LogP contribution < -0.4 is 10.6 Å². The Balaban J connectivity index is 3.48. The van der Waals surface area contributed by atoms with E-state index in [0.29, 0.717) is 19.4 Å². The highest BCUT2D eigenvalue weighted by Gasteiger charge is 2.07. The molecular formula is C12H22N2O3S. The van der Waals surface area contributed by atoms with Crippen LogP contribution in [0.3, 0.4) is 0 Å². The van der Waals surface area contributed by atoms with Gasteiger partial charge in [-0.2, -0.15) is 11.8 Å². The summed E-state index contributed by atoms with van der Waals surface area (Å²) in [7, 11) is 0. The zero-order valence-corrected chi connectivity index (χ0v) is 11.6. The number of carbonyl (C=O) groups is 2. The van der Waals surface area contributed by atoms with Gasteiger partial charge in [-0.15, -0.1) is 6.58 Å². The van der Waals surface area contributed by atoms with Crippen LogP contribution in [0.1, 0.15) is 26.2 Å². The molecule has 0 radical (unpaired) electrons. The molecule has 0 aliphatic heterocycles. The zero-order chi connectivity index (χ0) is 13.8. The molecule has 0 aliphatic rings. The van der Waals surface area contributed by atoms with Gasteiger partial charge >= 0.3 is 12.0 Å². The van der Waals surface area contributed by atoms with Crippen molar-refractivity contribution in [3.8, 4) is 0 Å². The maximum Gasteiger partial charge on any atom is 0.315 e. The van der Waals surface area contributed by atoms with Crippen molar-refractivity contribution in [1.29, 1.82) is 0 Å². The average Bonchev–Trinajstić information content (AvgIpc) is 2.28. The van der Waals surface area contributed by atoms with E-state index in [1.165, 1.54) is 0 Å². The van der Waals surface area contributed by atoms with Gasteiger partial charge in [-0.1, -0.05) is 6.08 Å². The van der Waals surface area contributed by atoms with Gasteiger partial charge in [-0.25, -0.2) is 4.79 Å². The Kier molecular flexibility index (Phi) is 10.2. The third-order valence-corrected chi connectivity index (χ3v) is 3.14. The Labute approximate surface area is 112 Å². The molecular weight excluding hydrogens is 252 g/mol. The second-order valence-corrected chi connectivity index (χ2v) is 5.10. The fraction of sp³-hybridized carbons (Fsp3) is 0.667. The molecule has 104 valence electrons. The zero-order valence-electron chi connectivity index (χ0n) is 10.8. The predicted octanol–water partition coefficient (Wildman–Crippen LogP) is 1.85. The van der Waals surface area contributed by atoms with Gasteiger partial charge in [0.2, 0.25) is 0 Å². The van der Waals surface area contributed by atoms with Crippen LogP contribution in [-0.2, 0) is 4.79 Å². The molecule has 1 unspecified atom stereocenters. The number of carbonyl (C=O) groups excluding carboxylic acids is 1. The summed E-state index contributed by atoms with van der Waals surface area (Å²) >= 11 is 1.71. The van der Waals surface area contributed by atoms with E-state index >= 15 is 0 Å². The fourth-order valence-electron chi connectivity index (χ4n) is 1.31. The first-order valence-corrected chi connectivity index (χ1v) is 7.16. The minimum atomic E-state index is -0.800. The van der Waals surface area contributed by atoms with Crippen molar-refractivity contribution >= 4 is 23.8 Å². The molecule has 6 heteroatoms. The number of amides is 2. The molecule has 0 aromatic rings. The average molecular weight is 274 g/mol. The van der Waals surface area contributed by atoms with Crippen LogP contribution in [0.25, 0.3) is 0 Å². The number of urea groups is 1. The summed E-state index contributed by atoms with van der Waals surface area (Å²) < 4.78 is 0. The van der Waals surface area contributed by atoms with Crippen LogP contribution in [0, 0.1) is 0 Å². The van der Waals surface area contributed by atoms with Crippen molar-refractivity contribution in [2.24, 2.45) is 0 Å². The summed E-state index contributed by atoms with van der Waals surface area (Å²) in [6.07, 6.45) is 3.22. The summed E-state index contributed by atoms with van der Waals surface area (Å²) in [5, 5.41) is 14.0. The Morgan fingerprint density at radius 1 is 1.50 bits per heavy atom. The SMILES string of the molecule is C=CCSCCNC(=O)NC(C)CCCC(=O)O. The maximum atomic E-state index is 11.4. The molecule has 0 bridgehead atoms. The van der Waals surface area contributed by atoms with Crippen molar-refractivity contribution in [1.82, 2.24) is 10.6 Å². The smallest absolute Gasteiger partial charge is 0.315 e. The minimum Gasteiger partial charge on any atom is -0.481 e. The first-order chi connectivity index (χ1) is 8.56. The van der Waals surface area contributed by atoms with E-state index in [9.17, 15) is 9.59 Å². The maximum absolute atomic E-state index is 11.4. The van der Waals surface area contributed by atoms with Gasteiger partial charge in [0.25, 0.3) is 0 Å². The number of aliphatic carboxylic acids is 1. The number of thioether (sulfide) groups is 1. The van der Waals surface area contributed by atoms with Gasteiger partial charge in [0.1, 0.15) is 0 Å². The van der Waals surface area contributed by atoms with E-state index in [1.54, 1.807) is 11.8 Å². The van der Waals surface area contributed by atoms with E-state index < -0.39 is 5.97 Å². The monoisotopic (exact) mass is 274 g/mol. The van der Waals surface area contributed by atoms with Gasteiger partial charge in [-0.3, -0.25) is 4.79 Å². The third kappa shape index (κ3) is 11.3. The fourth-order valence-corrected chi connectivity index (χ4v) is 1.89. The summed E-state index contributed by atoms with van der Waals surface area (Å²) in [5.74, 6) is 0.938. The first kappa shape index (κ1) is 16.8. The Morgan fingerprint density at radius 2 is 2.22 bits per heavy atom. The van der Waals surface area contributed by atoms with Crippen molar-refractivity contribution in [2.75, 3.05) is 18.1 Å². The molecule has 0 spiro atoms. The minimum absolute atomic E-state index is 0.00909. The normalized spacial score (nSPS) is 11.6. The Morgan fingerprint density at radius 3 is 2.83 bits per heavy atom. The molecule has 1 atom stereocenters. The van der Waals surface area contributed by atoms with Crippen molar-refractivity contribution < 1.29 is 14.7 Å². The summed E-state index contributed by atoms with van der Waals surface area (Å²) in [6.45, 7) is 6.10. The lowest BCUT2D eigenvalue weighted by Crippen LogP contribution is -2.41. The summed E-state index contributed by atoms with van der Waals surface area (Å²) in [4.78, 5) is 21.7. The number of carboxylic acid groups (broad SMARTS) is 1. The topological polar surface area (TPSA) is 78.4 Å². The lowest BCUT2D eigenvalue weighted by molar-refractivity contribution is -0.137. The predicted molar refractivity (Wildman–Crippen MR) is 75.0 cm³/mol. The molecule has 0 aromatic carbocycles. The molecule has 0 rings (SSSR count). The highest BCUT2D eigenvalue weighted by molar-refractivity contribution is 7.99. The van der Waals surface area contributed by atoms with Crippen LogP contribution in [-0.4, -0.2) is 41.2 Å². The molecule has 2 amide bonds. The van der Waals surface area contributed by atoms with Crippen LogP contribution >= 0.6 is 11.8 Å². The van der Waals surface area contributed by atoms with Gasteiger partial charge in [-0.05, 0) is 19.8 Å². The summed E-state index contributed by atoms with van der Waals surface area (Å²) in [5.41, 5.74) is 0. The van der Waals surface area contributed by atoms with Crippen molar-refractivity contribution in [3.63, 3.8) is 0 Å². The van der Waals surface area contributed by atoms with Gasteiger partial charge in [0.15, 0.2) is 0 Å². The van der Waals surface area contributed by atoms with Crippen molar-refractivity contribution in [3.05, 3.63) is 12.7 Å². The van der Waals surface area contributed by atoms with Gasteiger partial charge in [0.05, 0.1) is 0 Å². The lowest BCUT2D eigenvalue weighted by atomic mass is 10.1. The van der Waals surface area contributed by atoms with Crippen LogP contribution in [0.4, 0.5) is 4.79 Å². The first-order valence-electron chi connectivity index (χ1n) is 6.01. The molecule has 0 fully saturated rings. The quantitative estimate of drug-likeness (QED) is 0.419. The lowest BCUT2D eigenvalue weighted by Gasteiger charge is -2.13. The Bertz CT molecular complexity index is 272. The number of rotatable bonds is 10. The van der Waals surface area contributed by atoms with E-state index in [2.05, 4.69) is 17.2 Å². The second kappa shape index (κ2) is 11.0. The number of nitrogens with one attached hydrogen (secondary N) is 2. The van der Waals surface area contributed by atoms with E-state index in [4.69, 9.17) is 5.11 Å². The number of hydrogen-bond donors (Lipinski definition) is 3. The van der Waals surface area contributed by atoms with Crippen LogP contribution in [0.15, 0.2) is 12.7 Å². The Hall–Kier alpha value is -1.17. The van der Waals surface area contributed by atoms with E-state index in [0.717, 1.165) is 11.5 Å². The highest BCUT2D eigenvalue weighted by atomic mass is 32.2. The highest BCUT2D eigenvalue weighted by Crippen LogP contribution is 2.00. The number of hydrogen-bond acceptors (Lipinski definition) is 3. The molecule has 3 N–H and O–H groups in total. The molecule has 18 heavy (non-hydrogen) atoms.